The maximum atomic E-state index is 11.3. The number of nitrogens with one attached hydrogen (secondary N) is 1. The van der Waals surface area contributed by atoms with Crippen molar-refractivity contribution in [2.75, 3.05) is 0 Å². The van der Waals surface area contributed by atoms with Crippen LogP contribution in [0.4, 0.5) is 0 Å². The summed E-state index contributed by atoms with van der Waals surface area (Å²) in [5.74, 6) is 0.609. The molecule has 0 spiro atoms. The van der Waals surface area contributed by atoms with Crippen LogP contribution in [-0.2, 0) is 0 Å². The minimum absolute atomic E-state index is 0.260. The zero-order valence-electron chi connectivity index (χ0n) is 10.2. The first-order chi connectivity index (χ1) is 9.72. The van der Waals surface area contributed by atoms with Gasteiger partial charge in [-0.25, -0.2) is 9.78 Å². The largest absolute Gasteiger partial charge is 0.493 e. The molecular formula is C13H10N4O3. The van der Waals surface area contributed by atoms with Gasteiger partial charge in [0.1, 0.15) is 6.21 Å². The van der Waals surface area contributed by atoms with E-state index in [1.807, 2.05) is 30.3 Å². The van der Waals surface area contributed by atoms with Crippen LogP contribution in [0.1, 0.15) is 5.89 Å². The maximum Gasteiger partial charge on any atom is 0.349 e. The van der Waals surface area contributed by atoms with Crippen LogP contribution in [0.3, 0.4) is 0 Å². The predicted octanol–water partition coefficient (Wildman–Crippen LogP) is 1.42. The van der Waals surface area contributed by atoms with E-state index in [0.717, 1.165) is 16.4 Å². The number of imidazole rings is 1. The quantitative estimate of drug-likeness (QED) is 0.703. The summed E-state index contributed by atoms with van der Waals surface area (Å²) in [4.78, 5) is 17.5. The topological polar surface area (TPSA) is 96.4 Å². The lowest BCUT2D eigenvalue weighted by atomic mass is 10.2. The monoisotopic (exact) mass is 270 g/mol. The van der Waals surface area contributed by atoms with E-state index in [0.29, 0.717) is 5.76 Å². The maximum absolute atomic E-state index is 11.3. The van der Waals surface area contributed by atoms with Crippen LogP contribution in [0.5, 0.6) is 5.88 Å². The predicted molar refractivity (Wildman–Crippen MR) is 71.6 cm³/mol. The van der Waals surface area contributed by atoms with Crippen LogP contribution in [0.2, 0.25) is 0 Å². The Morgan fingerprint density at radius 1 is 1.35 bits per heavy atom. The summed E-state index contributed by atoms with van der Waals surface area (Å²) in [6.45, 7) is 0. The molecule has 20 heavy (non-hydrogen) atoms. The van der Waals surface area contributed by atoms with Crippen LogP contribution in [0.15, 0.2) is 57.0 Å². The Morgan fingerprint density at radius 3 is 2.85 bits per heavy atom. The molecule has 2 aromatic heterocycles. The van der Waals surface area contributed by atoms with Gasteiger partial charge in [-0.15, -0.1) is 0 Å². The molecule has 0 unspecified atom stereocenters. The van der Waals surface area contributed by atoms with E-state index < -0.39 is 5.69 Å². The molecule has 2 N–H and O–H groups in total. The van der Waals surface area contributed by atoms with E-state index in [-0.39, 0.29) is 11.8 Å². The molecule has 0 amide bonds. The van der Waals surface area contributed by atoms with E-state index in [9.17, 15) is 4.79 Å². The van der Waals surface area contributed by atoms with Gasteiger partial charge < -0.3 is 9.52 Å². The summed E-state index contributed by atoms with van der Waals surface area (Å²) < 4.78 is 6.44. The van der Waals surface area contributed by atoms with Crippen molar-refractivity contribution in [2.24, 2.45) is 5.10 Å². The lowest BCUT2D eigenvalue weighted by Crippen LogP contribution is -2.11. The summed E-state index contributed by atoms with van der Waals surface area (Å²) in [5, 5.41) is 12.9. The third kappa shape index (κ3) is 2.37. The summed E-state index contributed by atoms with van der Waals surface area (Å²) in [6.07, 6.45) is 4.02. The van der Waals surface area contributed by atoms with E-state index in [2.05, 4.69) is 15.1 Å². The van der Waals surface area contributed by atoms with Crippen LogP contribution >= 0.6 is 0 Å². The molecule has 3 rings (SSSR count). The average Bonchev–Trinajstić information content (AvgIpc) is 3.04. The fourth-order valence-electron chi connectivity index (χ4n) is 1.65. The van der Waals surface area contributed by atoms with Crippen molar-refractivity contribution in [2.45, 2.75) is 0 Å². The second kappa shape index (κ2) is 4.88. The van der Waals surface area contributed by atoms with Crippen molar-refractivity contribution in [3.8, 4) is 17.2 Å². The number of hydrogen-bond donors (Lipinski definition) is 2. The molecule has 7 nitrogen and oxygen atoms in total. The molecule has 2 heterocycles. The van der Waals surface area contributed by atoms with Crippen molar-refractivity contribution in [3.05, 3.63) is 59.1 Å². The molecule has 0 bridgehead atoms. The molecule has 0 aliphatic carbocycles. The first-order valence-corrected chi connectivity index (χ1v) is 5.78. The lowest BCUT2D eigenvalue weighted by molar-refractivity contribution is 0.455. The van der Waals surface area contributed by atoms with Gasteiger partial charge in [0.05, 0.1) is 12.4 Å². The third-order valence-electron chi connectivity index (χ3n) is 2.56. The number of benzene rings is 1. The number of oxazole rings is 1. The number of aromatic amines is 1. The van der Waals surface area contributed by atoms with E-state index in [4.69, 9.17) is 9.52 Å². The summed E-state index contributed by atoms with van der Waals surface area (Å²) in [7, 11) is 0. The molecule has 0 aliphatic heterocycles. The standard InChI is InChI=1S/C13H10N4O3/c18-11-8-17(13(19)16-11)15-7-12-14-6-10(20-12)9-4-2-1-3-5-9/h1-8,18H,(H,16,19). The van der Waals surface area contributed by atoms with Crippen LogP contribution in [-0.4, -0.2) is 26.0 Å². The van der Waals surface area contributed by atoms with Crippen LogP contribution in [0.25, 0.3) is 11.3 Å². The normalized spacial score (nSPS) is 11.2. The smallest absolute Gasteiger partial charge is 0.349 e. The summed E-state index contributed by atoms with van der Waals surface area (Å²) in [5.41, 5.74) is 0.352. The van der Waals surface area contributed by atoms with Gasteiger partial charge in [-0.3, -0.25) is 4.98 Å². The first kappa shape index (κ1) is 12.0. The number of nitrogens with zero attached hydrogens (tertiary/aromatic N) is 3. The Kier molecular flexibility index (Phi) is 2.92. The molecule has 0 saturated heterocycles. The number of aromatic hydroxyl groups is 1. The van der Waals surface area contributed by atoms with E-state index >= 15 is 0 Å². The second-order valence-electron chi connectivity index (χ2n) is 3.96. The highest BCUT2D eigenvalue weighted by Crippen LogP contribution is 2.18. The summed E-state index contributed by atoms with van der Waals surface area (Å²) >= 11 is 0. The van der Waals surface area contributed by atoms with Crippen molar-refractivity contribution in [3.63, 3.8) is 0 Å². The Balaban J connectivity index is 1.84. The first-order valence-electron chi connectivity index (χ1n) is 5.78. The minimum atomic E-state index is -0.548. The second-order valence-corrected chi connectivity index (χ2v) is 3.96. The van der Waals surface area contributed by atoms with Gasteiger partial charge in [0.2, 0.25) is 11.8 Å². The van der Waals surface area contributed by atoms with E-state index in [1.165, 1.54) is 6.21 Å². The van der Waals surface area contributed by atoms with Crippen molar-refractivity contribution >= 4 is 6.21 Å². The summed E-state index contributed by atoms with van der Waals surface area (Å²) in [6, 6.07) is 9.50. The lowest BCUT2D eigenvalue weighted by Gasteiger charge is -1.92. The van der Waals surface area contributed by atoms with Crippen LogP contribution in [0, 0.1) is 0 Å². The molecule has 0 fully saturated rings. The van der Waals surface area contributed by atoms with Gasteiger partial charge in [-0.1, -0.05) is 30.3 Å². The molecule has 0 aliphatic rings. The van der Waals surface area contributed by atoms with Gasteiger partial charge in [0.25, 0.3) is 0 Å². The van der Waals surface area contributed by atoms with Crippen molar-refractivity contribution in [1.82, 2.24) is 14.6 Å². The average molecular weight is 270 g/mol. The van der Waals surface area contributed by atoms with Gasteiger partial charge in [-0.05, 0) is 0 Å². The van der Waals surface area contributed by atoms with Gasteiger partial charge in [0.15, 0.2) is 5.76 Å². The zero-order valence-corrected chi connectivity index (χ0v) is 10.2. The van der Waals surface area contributed by atoms with Crippen molar-refractivity contribution in [1.29, 1.82) is 0 Å². The van der Waals surface area contributed by atoms with Crippen molar-refractivity contribution < 1.29 is 9.52 Å². The number of aromatic nitrogens is 3. The fraction of sp³-hybridized carbons (Fsp3) is 0. The molecule has 0 radical (unpaired) electrons. The SMILES string of the molecule is O=c1[nH]c(O)cn1N=Cc1ncc(-c2ccccc2)o1. The highest BCUT2D eigenvalue weighted by molar-refractivity contribution is 5.74. The molecule has 7 heteroatoms. The number of H-pyrrole nitrogens is 1. The number of hydrogen-bond acceptors (Lipinski definition) is 5. The highest BCUT2D eigenvalue weighted by atomic mass is 16.4. The highest BCUT2D eigenvalue weighted by Gasteiger charge is 2.04. The molecule has 0 saturated carbocycles. The molecule has 1 aromatic carbocycles. The van der Waals surface area contributed by atoms with Crippen LogP contribution < -0.4 is 5.69 Å². The number of rotatable bonds is 3. The Hall–Kier alpha value is -3.09. The Labute approximate surface area is 112 Å². The molecular weight excluding hydrogens is 260 g/mol. The fourth-order valence-corrected chi connectivity index (χ4v) is 1.65. The van der Waals surface area contributed by atoms with Gasteiger partial charge >= 0.3 is 5.69 Å². The van der Waals surface area contributed by atoms with Gasteiger partial charge in [0, 0.05) is 5.56 Å². The molecule has 100 valence electrons. The van der Waals surface area contributed by atoms with E-state index in [1.54, 1.807) is 6.20 Å². The minimum Gasteiger partial charge on any atom is -0.493 e. The Morgan fingerprint density at radius 2 is 2.15 bits per heavy atom. The zero-order chi connectivity index (χ0) is 13.9. The van der Waals surface area contributed by atoms with Gasteiger partial charge in [-0.2, -0.15) is 9.78 Å². The molecule has 0 atom stereocenters. The third-order valence-corrected chi connectivity index (χ3v) is 2.56. The Bertz CT molecular complexity index is 798. The molecule has 3 aromatic rings.